The highest BCUT2D eigenvalue weighted by Crippen LogP contribution is 2.31. The highest BCUT2D eigenvalue weighted by molar-refractivity contribution is 7.15. The fourth-order valence-electron chi connectivity index (χ4n) is 2.77. The third-order valence-corrected chi connectivity index (χ3v) is 4.70. The van der Waals surface area contributed by atoms with Gasteiger partial charge in [0.15, 0.2) is 4.96 Å². The van der Waals surface area contributed by atoms with Gasteiger partial charge >= 0.3 is 5.97 Å². The molecule has 5 nitrogen and oxygen atoms in total. The molecule has 2 unspecified atom stereocenters. The Hall–Kier alpha value is -1.82. The molecule has 2 atom stereocenters. The number of ether oxygens (including phenoxy) is 1. The number of nitrogens with zero attached hydrogens (tertiary/aromatic N) is 2. The molecule has 1 fully saturated rings. The molecule has 0 aromatic carbocycles. The highest BCUT2D eigenvalue weighted by atomic mass is 32.1. The van der Waals surface area contributed by atoms with E-state index in [1.165, 1.54) is 30.6 Å². The molecular weight excluding hydrogens is 288 g/mol. The number of thiazole rings is 1. The van der Waals surface area contributed by atoms with Crippen LogP contribution in [0.1, 0.15) is 38.3 Å². The second-order valence-electron chi connectivity index (χ2n) is 5.45. The van der Waals surface area contributed by atoms with Gasteiger partial charge in [0, 0.05) is 17.7 Å². The van der Waals surface area contributed by atoms with E-state index < -0.39 is 5.97 Å². The molecule has 0 saturated heterocycles. The normalized spacial score (nSPS) is 22.9. The van der Waals surface area contributed by atoms with Crippen LogP contribution in [0.25, 0.3) is 11.0 Å². The molecule has 21 heavy (non-hydrogen) atoms. The molecule has 6 heteroatoms. The zero-order valence-electron chi connectivity index (χ0n) is 11.9. The average molecular weight is 306 g/mol. The van der Waals surface area contributed by atoms with Gasteiger partial charge in [-0.3, -0.25) is 4.40 Å². The Bertz CT molecular complexity index is 674. The van der Waals surface area contributed by atoms with Gasteiger partial charge in [0.1, 0.15) is 11.8 Å². The van der Waals surface area contributed by atoms with Gasteiger partial charge < -0.3 is 9.84 Å². The number of aliphatic carboxylic acids is 1. The molecule has 2 aromatic rings. The fourth-order valence-corrected chi connectivity index (χ4v) is 3.49. The van der Waals surface area contributed by atoms with E-state index in [4.69, 9.17) is 9.84 Å². The summed E-state index contributed by atoms with van der Waals surface area (Å²) in [4.78, 5) is 16.1. The monoisotopic (exact) mass is 306 g/mol. The van der Waals surface area contributed by atoms with Crippen LogP contribution in [0.5, 0.6) is 5.88 Å². The number of hydrogen-bond acceptors (Lipinski definition) is 4. The standard InChI is InChI=1S/C15H18N2O3S/c1-10-4-2-3-5-12(10)20-14-11(6-7-13(18)19)17-8-9-21-15(17)16-14/h6-10,12H,2-5H2,1H3,(H,18,19). The van der Waals surface area contributed by atoms with Crippen molar-refractivity contribution < 1.29 is 14.6 Å². The Morgan fingerprint density at radius 1 is 1.52 bits per heavy atom. The lowest BCUT2D eigenvalue weighted by atomic mass is 9.88. The lowest BCUT2D eigenvalue weighted by Gasteiger charge is -2.28. The van der Waals surface area contributed by atoms with Crippen molar-refractivity contribution >= 4 is 28.3 Å². The van der Waals surface area contributed by atoms with E-state index in [1.807, 2.05) is 16.0 Å². The number of rotatable bonds is 4. The van der Waals surface area contributed by atoms with Gasteiger partial charge in [0.2, 0.25) is 5.88 Å². The first-order valence-electron chi connectivity index (χ1n) is 7.18. The molecule has 2 aromatic heterocycles. The Kier molecular flexibility index (Phi) is 3.96. The maximum atomic E-state index is 10.8. The Balaban J connectivity index is 1.91. The highest BCUT2D eigenvalue weighted by Gasteiger charge is 2.25. The van der Waals surface area contributed by atoms with Crippen LogP contribution in [0.3, 0.4) is 0 Å². The van der Waals surface area contributed by atoms with E-state index in [1.54, 1.807) is 6.08 Å². The van der Waals surface area contributed by atoms with E-state index in [0.717, 1.165) is 17.5 Å². The maximum Gasteiger partial charge on any atom is 0.328 e. The molecule has 1 aliphatic carbocycles. The average Bonchev–Trinajstić information content (AvgIpc) is 3.00. The number of fused-ring (bicyclic) bond motifs is 1. The van der Waals surface area contributed by atoms with Gasteiger partial charge in [-0.15, -0.1) is 11.3 Å². The first-order valence-corrected chi connectivity index (χ1v) is 8.06. The molecule has 0 radical (unpaired) electrons. The minimum Gasteiger partial charge on any atom is -0.478 e. The first-order chi connectivity index (χ1) is 10.1. The predicted molar refractivity (Wildman–Crippen MR) is 81.8 cm³/mol. The van der Waals surface area contributed by atoms with Gasteiger partial charge in [0.05, 0.1) is 0 Å². The van der Waals surface area contributed by atoms with Crippen molar-refractivity contribution in [3.63, 3.8) is 0 Å². The summed E-state index contributed by atoms with van der Waals surface area (Å²) in [5, 5.41) is 10.8. The van der Waals surface area contributed by atoms with E-state index >= 15 is 0 Å². The number of carbonyl (C=O) groups is 1. The van der Waals surface area contributed by atoms with Crippen LogP contribution in [-0.2, 0) is 4.79 Å². The van der Waals surface area contributed by atoms with Crippen LogP contribution >= 0.6 is 11.3 Å². The summed E-state index contributed by atoms with van der Waals surface area (Å²) in [7, 11) is 0. The molecule has 0 bridgehead atoms. The first kappa shape index (κ1) is 14.1. The molecule has 3 rings (SSSR count). The molecule has 0 amide bonds. The summed E-state index contributed by atoms with van der Waals surface area (Å²) in [6.07, 6.45) is 9.37. The number of aromatic nitrogens is 2. The van der Waals surface area contributed by atoms with E-state index in [2.05, 4.69) is 11.9 Å². The van der Waals surface area contributed by atoms with Gasteiger partial charge in [-0.1, -0.05) is 13.3 Å². The van der Waals surface area contributed by atoms with Crippen LogP contribution in [0.4, 0.5) is 0 Å². The van der Waals surface area contributed by atoms with Crippen molar-refractivity contribution in [1.29, 1.82) is 0 Å². The molecule has 1 saturated carbocycles. The minimum atomic E-state index is -0.975. The quantitative estimate of drug-likeness (QED) is 0.879. The number of hydrogen-bond donors (Lipinski definition) is 1. The summed E-state index contributed by atoms with van der Waals surface area (Å²) in [5.41, 5.74) is 0.700. The van der Waals surface area contributed by atoms with E-state index in [9.17, 15) is 4.79 Å². The van der Waals surface area contributed by atoms with Crippen molar-refractivity contribution in [2.45, 2.75) is 38.7 Å². The summed E-state index contributed by atoms with van der Waals surface area (Å²) < 4.78 is 7.97. The zero-order valence-corrected chi connectivity index (χ0v) is 12.7. The van der Waals surface area contributed by atoms with Gasteiger partial charge in [-0.2, -0.15) is 4.98 Å². The second kappa shape index (κ2) is 5.89. The molecule has 1 N–H and O–H groups in total. The number of carboxylic acids is 1. The lowest BCUT2D eigenvalue weighted by Crippen LogP contribution is -2.28. The van der Waals surface area contributed by atoms with Crippen molar-refractivity contribution in [3.8, 4) is 5.88 Å². The number of imidazole rings is 1. The smallest absolute Gasteiger partial charge is 0.328 e. The van der Waals surface area contributed by atoms with Crippen molar-refractivity contribution in [1.82, 2.24) is 9.38 Å². The third kappa shape index (κ3) is 2.95. The van der Waals surface area contributed by atoms with Crippen molar-refractivity contribution in [2.24, 2.45) is 5.92 Å². The van der Waals surface area contributed by atoms with Crippen LogP contribution in [0.2, 0.25) is 0 Å². The van der Waals surface area contributed by atoms with E-state index in [0.29, 0.717) is 17.5 Å². The third-order valence-electron chi connectivity index (χ3n) is 3.94. The topological polar surface area (TPSA) is 63.8 Å². The van der Waals surface area contributed by atoms with Crippen molar-refractivity contribution in [2.75, 3.05) is 0 Å². The zero-order chi connectivity index (χ0) is 14.8. The van der Waals surface area contributed by atoms with Crippen LogP contribution < -0.4 is 4.74 Å². The van der Waals surface area contributed by atoms with Gasteiger partial charge in [-0.05, 0) is 31.3 Å². The fraction of sp³-hybridized carbons (Fsp3) is 0.467. The second-order valence-corrected chi connectivity index (χ2v) is 6.32. The largest absolute Gasteiger partial charge is 0.478 e. The van der Waals surface area contributed by atoms with Crippen LogP contribution in [-0.4, -0.2) is 26.6 Å². The molecular formula is C15H18N2O3S. The molecule has 2 heterocycles. The Morgan fingerprint density at radius 2 is 2.33 bits per heavy atom. The SMILES string of the molecule is CC1CCCCC1Oc1nc2sccn2c1C=CC(=O)O. The maximum absolute atomic E-state index is 10.8. The Labute approximate surface area is 126 Å². The Morgan fingerprint density at radius 3 is 3.10 bits per heavy atom. The van der Waals surface area contributed by atoms with Crippen molar-refractivity contribution in [3.05, 3.63) is 23.3 Å². The molecule has 0 spiro atoms. The summed E-state index contributed by atoms with van der Waals surface area (Å²) in [6.45, 7) is 2.20. The molecule has 0 aliphatic heterocycles. The molecule has 112 valence electrons. The minimum absolute atomic E-state index is 0.167. The summed E-state index contributed by atoms with van der Waals surface area (Å²) in [6, 6.07) is 0. The van der Waals surface area contributed by atoms with Crippen LogP contribution in [0, 0.1) is 5.92 Å². The van der Waals surface area contributed by atoms with Crippen LogP contribution in [0.15, 0.2) is 17.7 Å². The number of carboxylic acid groups (broad SMARTS) is 1. The lowest BCUT2D eigenvalue weighted by molar-refractivity contribution is -0.131. The van der Waals surface area contributed by atoms with Gasteiger partial charge in [0.25, 0.3) is 0 Å². The van der Waals surface area contributed by atoms with Gasteiger partial charge in [-0.25, -0.2) is 4.79 Å². The predicted octanol–water partition coefficient (Wildman–Crippen LogP) is 3.45. The van der Waals surface area contributed by atoms with E-state index in [-0.39, 0.29) is 6.10 Å². The molecule has 1 aliphatic rings. The summed E-state index contributed by atoms with van der Waals surface area (Å²) in [5.74, 6) is 0.0741. The summed E-state index contributed by atoms with van der Waals surface area (Å²) >= 11 is 1.51.